The van der Waals surface area contributed by atoms with Crippen LogP contribution in [-0.2, 0) is 6.54 Å². The number of aromatic nitrogens is 2. The van der Waals surface area contributed by atoms with Gasteiger partial charge < -0.3 is 10.2 Å². The average molecular weight is 337 g/mol. The van der Waals surface area contributed by atoms with Crippen molar-refractivity contribution in [3.8, 4) is 17.0 Å². The monoisotopic (exact) mass is 337 g/mol. The van der Waals surface area contributed by atoms with Crippen molar-refractivity contribution in [2.75, 3.05) is 5.32 Å². The molecule has 2 aromatic carbocycles. The van der Waals surface area contributed by atoms with Gasteiger partial charge in [0.15, 0.2) is 0 Å². The second-order valence-corrected chi connectivity index (χ2v) is 5.39. The number of hydrogen-bond acceptors (Lipinski definition) is 4. The van der Waals surface area contributed by atoms with Crippen molar-refractivity contribution in [2.45, 2.75) is 6.54 Å². The number of nitrogens with zero attached hydrogens (tertiary/aromatic N) is 2. The summed E-state index contributed by atoms with van der Waals surface area (Å²) in [6.07, 6.45) is -1.15. The van der Waals surface area contributed by atoms with E-state index in [1.807, 2.05) is 0 Å². The van der Waals surface area contributed by atoms with E-state index in [2.05, 4.69) is 10.4 Å². The van der Waals surface area contributed by atoms with Gasteiger partial charge in [-0.05, 0) is 48.0 Å². The molecule has 0 bridgehead atoms. The van der Waals surface area contributed by atoms with E-state index in [-0.39, 0.29) is 17.9 Å². The van der Waals surface area contributed by atoms with Gasteiger partial charge in [0.1, 0.15) is 5.75 Å². The third-order valence-electron chi connectivity index (χ3n) is 3.54. The van der Waals surface area contributed by atoms with Gasteiger partial charge in [0, 0.05) is 17.3 Å². The molecule has 3 N–H and O–H groups in total. The number of phenolic OH excluding ortho intramolecular Hbond substituents is 1. The highest BCUT2D eigenvalue weighted by Crippen LogP contribution is 2.19. The lowest BCUT2D eigenvalue weighted by Crippen LogP contribution is -2.22. The lowest BCUT2D eigenvalue weighted by atomic mass is 10.1. The molecule has 0 aliphatic rings. The second kappa shape index (κ2) is 6.88. The van der Waals surface area contributed by atoms with Crippen molar-refractivity contribution in [2.24, 2.45) is 0 Å². The maximum atomic E-state index is 12.1. The van der Waals surface area contributed by atoms with E-state index in [1.54, 1.807) is 54.6 Å². The summed E-state index contributed by atoms with van der Waals surface area (Å²) in [5, 5.41) is 24.8. The molecule has 0 atom stereocenters. The van der Waals surface area contributed by atoms with Crippen LogP contribution in [0.2, 0.25) is 0 Å². The van der Waals surface area contributed by atoms with Crippen LogP contribution in [-0.4, -0.2) is 26.1 Å². The topological polar surface area (TPSA) is 104 Å². The minimum atomic E-state index is -1.15. The minimum Gasteiger partial charge on any atom is -0.508 e. The van der Waals surface area contributed by atoms with E-state index < -0.39 is 6.09 Å². The molecule has 1 amide bonds. The van der Waals surface area contributed by atoms with Crippen LogP contribution in [0.1, 0.15) is 5.56 Å². The molecule has 3 rings (SSSR count). The van der Waals surface area contributed by atoms with Gasteiger partial charge >= 0.3 is 6.09 Å². The maximum Gasteiger partial charge on any atom is 0.409 e. The van der Waals surface area contributed by atoms with Crippen LogP contribution in [0.5, 0.6) is 5.75 Å². The predicted octanol–water partition coefficient (Wildman–Crippen LogP) is 2.75. The smallest absolute Gasteiger partial charge is 0.409 e. The molecule has 1 aromatic heterocycles. The Hall–Kier alpha value is -3.61. The molecule has 7 nitrogen and oxygen atoms in total. The van der Waals surface area contributed by atoms with Crippen LogP contribution in [0.15, 0.2) is 65.5 Å². The fourth-order valence-electron chi connectivity index (χ4n) is 2.39. The average Bonchev–Trinajstić information content (AvgIpc) is 2.57. The number of aromatic hydroxyl groups is 1. The Balaban J connectivity index is 1.90. The Morgan fingerprint density at radius 1 is 1.08 bits per heavy atom. The maximum absolute atomic E-state index is 12.1. The van der Waals surface area contributed by atoms with Gasteiger partial charge in [0.2, 0.25) is 0 Å². The van der Waals surface area contributed by atoms with E-state index in [4.69, 9.17) is 5.11 Å². The molecule has 0 saturated heterocycles. The molecule has 0 radical (unpaired) electrons. The molecule has 0 aliphatic carbocycles. The minimum absolute atomic E-state index is 0.153. The van der Waals surface area contributed by atoms with Crippen molar-refractivity contribution in [1.82, 2.24) is 9.78 Å². The van der Waals surface area contributed by atoms with Gasteiger partial charge in [0.05, 0.1) is 12.2 Å². The molecule has 0 saturated carbocycles. The van der Waals surface area contributed by atoms with Gasteiger partial charge in [0.25, 0.3) is 5.56 Å². The molecule has 3 aromatic rings. The fourth-order valence-corrected chi connectivity index (χ4v) is 2.39. The number of carboxylic acid groups (broad SMARTS) is 1. The molecule has 7 heteroatoms. The number of nitrogens with one attached hydrogen (secondary N) is 1. The van der Waals surface area contributed by atoms with E-state index in [0.717, 1.165) is 11.1 Å². The number of anilines is 1. The van der Waals surface area contributed by atoms with Crippen LogP contribution < -0.4 is 10.9 Å². The van der Waals surface area contributed by atoms with E-state index in [9.17, 15) is 14.7 Å². The van der Waals surface area contributed by atoms with Crippen molar-refractivity contribution in [3.05, 3.63) is 76.6 Å². The normalized spacial score (nSPS) is 10.4. The Morgan fingerprint density at radius 2 is 1.84 bits per heavy atom. The SMILES string of the molecule is O=C(O)Nc1cccc(Cn2nc(-c3ccc(O)cc3)ccc2=O)c1. The summed E-state index contributed by atoms with van der Waals surface area (Å²) in [7, 11) is 0. The molecule has 0 spiro atoms. The number of amides is 1. The Kier molecular flexibility index (Phi) is 4.47. The van der Waals surface area contributed by atoms with Crippen molar-refractivity contribution in [3.63, 3.8) is 0 Å². The Bertz CT molecular complexity index is 965. The summed E-state index contributed by atoms with van der Waals surface area (Å²) < 4.78 is 1.31. The number of benzene rings is 2. The number of carbonyl (C=O) groups is 1. The van der Waals surface area contributed by atoms with Gasteiger partial charge in [-0.25, -0.2) is 9.48 Å². The summed E-state index contributed by atoms with van der Waals surface area (Å²) >= 11 is 0. The zero-order chi connectivity index (χ0) is 17.8. The molecular weight excluding hydrogens is 322 g/mol. The lowest BCUT2D eigenvalue weighted by Gasteiger charge is -2.09. The zero-order valence-corrected chi connectivity index (χ0v) is 13.1. The van der Waals surface area contributed by atoms with Crippen molar-refractivity contribution < 1.29 is 15.0 Å². The van der Waals surface area contributed by atoms with Crippen LogP contribution in [0, 0.1) is 0 Å². The van der Waals surface area contributed by atoms with Gasteiger partial charge in [-0.2, -0.15) is 5.10 Å². The highest BCUT2D eigenvalue weighted by molar-refractivity contribution is 5.82. The van der Waals surface area contributed by atoms with Crippen LogP contribution in [0.25, 0.3) is 11.3 Å². The number of phenols is 1. The standard InChI is InChI=1S/C18H15N3O4/c22-15-6-4-13(5-7-15)16-8-9-17(23)21(20-16)11-12-2-1-3-14(10-12)19-18(24)25/h1-10,19,22H,11H2,(H,24,25). The first-order valence-electron chi connectivity index (χ1n) is 7.48. The summed E-state index contributed by atoms with van der Waals surface area (Å²) in [4.78, 5) is 22.8. The highest BCUT2D eigenvalue weighted by atomic mass is 16.4. The fraction of sp³-hybridized carbons (Fsp3) is 0.0556. The van der Waals surface area contributed by atoms with Gasteiger partial charge in [-0.1, -0.05) is 12.1 Å². The number of hydrogen-bond donors (Lipinski definition) is 3. The number of rotatable bonds is 4. The summed E-state index contributed by atoms with van der Waals surface area (Å²) in [6, 6.07) is 16.3. The first kappa shape index (κ1) is 16.3. The van der Waals surface area contributed by atoms with Crippen LogP contribution in [0.4, 0.5) is 10.5 Å². The molecule has 0 aliphatic heterocycles. The molecule has 25 heavy (non-hydrogen) atoms. The zero-order valence-electron chi connectivity index (χ0n) is 13.1. The van der Waals surface area contributed by atoms with Crippen LogP contribution >= 0.6 is 0 Å². The Morgan fingerprint density at radius 3 is 2.56 bits per heavy atom. The second-order valence-electron chi connectivity index (χ2n) is 5.39. The van der Waals surface area contributed by atoms with Gasteiger partial charge in [-0.3, -0.25) is 10.1 Å². The first-order chi connectivity index (χ1) is 12.0. The lowest BCUT2D eigenvalue weighted by molar-refractivity contribution is 0.209. The molecule has 0 unspecified atom stereocenters. The van der Waals surface area contributed by atoms with E-state index in [1.165, 1.54) is 10.7 Å². The first-order valence-corrected chi connectivity index (χ1v) is 7.48. The molecule has 1 heterocycles. The third kappa shape index (κ3) is 4.03. The van der Waals surface area contributed by atoms with Crippen LogP contribution in [0.3, 0.4) is 0 Å². The largest absolute Gasteiger partial charge is 0.508 e. The molecular formula is C18H15N3O4. The van der Waals surface area contributed by atoms with Crippen molar-refractivity contribution in [1.29, 1.82) is 0 Å². The highest BCUT2D eigenvalue weighted by Gasteiger charge is 2.06. The summed E-state index contributed by atoms with van der Waals surface area (Å²) in [5.74, 6) is 0.153. The Labute approximate surface area is 142 Å². The molecule has 126 valence electrons. The van der Waals surface area contributed by atoms with E-state index in [0.29, 0.717) is 11.4 Å². The molecule has 0 fully saturated rings. The van der Waals surface area contributed by atoms with Crippen molar-refractivity contribution >= 4 is 11.8 Å². The quantitative estimate of drug-likeness (QED) is 0.679. The summed E-state index contributed by atoms with van der Waals surface area (Å²) in [6.45, 7) is 0.208. The van der Waals surface area contributed by atoms with Gasteiger partial charge in [-0.15, -0.1) is 0 Å². The predicted molar refractivity (Wildman–Crippen MR) is 92.8 cm³/mol. The third-order valence-corrected chi connectivity index (χ3v) is 3.54. The van der Waals surface area contributed by atoms with E-state index >= 15 is 0 Å². The summed E-state index contributed by atoms with van der Waals surface area (Å²) in [5.41, 5.74) is 2.27.